The van der Waals surface area contributed by atoms with E-state index in [1.165, 1.54) is 29.0 Å². The average molecular weight is 288 g/mol. The van der Waals surface area contributed by atoms with Gasteiger partial charge in [0.25, 0.3) is 0 Å². The fraction of sp³-hybridized carbons (Fsp3) is 0.467. The quantitative estimate of drug-likeness (QED) is 0.939. The van der Waals surface area contributed by atoms with Crippen molar-refractivity contribution in [2.45, 2.75) is 31.8 Å². The molecule has 2 aromatic heterocycles. The number of hydrogen-bond donors (Lipinski definition) is 1. The van der Waals surface area contributed by atoms with E-state index in [9.17, 15) is 0 Å². The largest absolute Gasteiger partial charge is 0.347 e. The van der Waals surface area contributed by atoms with Gasteiger partial charge in [-0.05, 0) is 37.9 Å². The summed E-state index contributed by atoms with van der Waals surface area (Å²) in [5.41, 5.74) is 2.50. The van der Waals surface area contributed by atoms with Crippen molar-refractivity contribution in [1.82, 2.24) is 15.3 Å². The van der Waals surface area contributed by atoms with Crippen molar-refractivity contribution in [2.24, 2.45) is 0 Å². The number of thiazole rings is 1. The number of anilines is 1. The van der Waals surface area contributed by atoms with Crippen LogP contribution in [0.2, 0.25) is 0 Å². The molecule has 5 heteroatoms. The highest BCUT2D eigenvalue weighted by Crippen LogP contribution is 2.37. The number of nitrogens with zero attached hydrogens (tertiary/aromatic N) is 3. The van der Waals surface area contributed by atoms with Crippen LogP contribution in [0.3, 0.4) is 0 Å². The van der Waals surface area contributed by atoms with Crippen LogP contribution in [-0.4, -0.2) is 24.1 Å². The number of hydrogen-bond acceptors (Lipinski definition) is 5. The standard InChI is InChI=1S/C15H20N4S/c1-16-12-6-3-7-13-14(12)20-15(18-13)19(2)10-11-5-4-8-17-9-11/h4-5,8-9,12,16H,3,6-7,10H2,1-2H3. The van der Waals surface area contributed by atoms with E-state index in [0.717, 1.165) is 18.1 Å². The molecule has 0 amide bonds. The molecule has 0 saturated carbocycles. The molecule has 106 valence electrons. The summed E-state index contributed by atoms with van der Waals surface area (Å²) in [6.45, 7) is 0.852. The Morgan fingerprint density at radius 2 is 2.40 bits per heavy atom. The van der Waals surface area contributed by atoms with E-state index >= 15 is 0 Å². The van der Waals surface area contributed by atoms with E-state index in [-0.39, 0.29) is 0 Å². The first-order chi connectivity index (χ1) is 9.78. The molecule has 4 nitrogen and oxygen atoms in total. The SMILES string of the molecule is CNC1CCCc2nc(N(C)Cc3cccnc3)sc21. The Morgan fingerprint density at radius 1 is 1.50 bits per heavy atom. The molecule has 20 heavy (non-hydrogen) atoms. The highest BCUT2D eigenvalue weighted by molar-refractivity contribution is 7.15. The van der Waals surface area contributed by atoms with Crippen LogP contribution in [0.5, 0.6) is 0 Å². The van der Waals surface area contributed by atoms with Gasteiger partial charge in [-0.2, -0.15) is 0 Å². The maximum atomic E-state index is 4.83. The molecule has 3 rings (SSSR count). The number of rotatable bonds is 4. The van der Waals surface area contributed by atoms with Crippen molar-refractivity contribution in [3.63, 3.8) is 0 Å². The summed E-state index contributed by atoms with van der Waals surface area (Å²) >= 11 is 1.83. The van der Waals surface area contributed by atoms with Gasteiger partial charge < -0.3 is 10.2 Å². The second kappa shape index (κ2) is 5.89. The Kier molecular flexibility index (Phi) is 3.98. The summed E-state index contributed by atoms with van der Waals surface area (Å²) in [6, 6.07) is 4.57. The van der Waals surface area contributed by atoms with Crippen molar-refractivity contribution in [3.05, 3.63) is 40.7 Å². The summed E-state index contributed by atoms with van der Waals surface area (Å²) in [5, 5.41) is 4.52. The molecule has 1 N–H and O–H groups in total. The number of nitrogens with one attached hydrogen (secondary N) is 1. The van der Waals surface area contributed by atoms with Gasteiger partial charge in [0.1, 0.15) is 0 Å². The lowest BCUT2D eigenvalue weighted by molar-refractivity contribution is 0.501. The Hall–Kier alpha value is -1.46. The van der Waals surface area contributed by atoms with Crippen molar-refractivity contribution in [2.75, 3.05) is 19.0 Å². The van der Waals surface area contributed by atoms with Gasteiger partial charge in [-0.3, -0.25) is 4.98 Å². The first kappa shape index (κ1) is 13.5. The fourth-order valence-corrected chi connectivity index (χ4v) is 3.89. The minimum atomic E-state index is 0.483. The van der Waals surface area contributed by atoms with Gasteiger partial charge in [-0.1, -0.05) is 17.4 Å². The van der Waals surface area contributed by atoms with E-state index in [0.29, 0.717) is 6.04 Å². The molecule has 0 fully saturated rings. The first-order valence-corrected chi connectivity index (χ1v) is 7.86. The van der Waals surface area contributed by atoms with Crippen LogP contribution in [0, 0.1) is 0 Å². The van der Waals surface area contributed by atoms with Crippen molar-refractivity contribution >= 4 is 16.5 Å². The van der Waals surface area contributed by atoms with Crippen LogP contribution in [0.4, 0.5) is 5.13 Å². The van der Waals surface area contributed by atoms with Crippen LogP contribution >= 0.6 is 11.3 Å². The zero-order chi connectivity index (χ0) is 13.9. The molecule has 0 radical (unpaired) electrons. The maximum absolute atomic E-state index is 4.83. The predicted molar refractivity (Wildman–Crippen MR) is 83.2 cm³/mol. The molecule has 1 aliphatic carbocycles. The van der Waals surface area contributed by atoms with Crippen LogP contribution in [0.1, 0.15) is 35.0 Å². The molecule has 2 heterocycles. The lowest BCUT2D eigenvalue weighted by Crippen LogP contribution is -2.19. The molecule has 0 aromatic carbocycles. The molecule has 2 aromatic rings. The van der Waals surface area contributed by atoms with Crippen LogP contribution in [-0.2, 0) is 13.0 Å². The minimum absolute atomic E-state index is 0.483. The van der Waals surface area contributed by atoms with Gasteiger partial charge in [0.15, 0.2) is 5.13 Å². The van der Waals surface area contributed by atoms with Gasteiger partial charge in [0.05, 0.1) is 5.69 Å². The van der Waals surface area contributed by atoms with Gasteiger partial charge in [-0.25, -0.2) is 4.98 Å². The van der Waals surface area contributed by atoms with Crippen LogP contribution < -0.4 is 10.2 Å². The zero-order valence-corrected chi connectivity index (χ0v) is 12.8. The van der Waals surface area contributed by atoms with Crippen molar-refractivity contribution in [3.8, 4) is 0 Å². The minimum Gasteiger partial charge on any atom is -0.347 e. The van der Waals surface area contributed by atoms with Gasteiger partial charge >= 0.3 is 0 Å². The van der Waals surface area contributed by atoms with Crippen LogP contribution in [0.15, 0.2) is 24.5 Å². The third kappa shape index (κ3) is 2.69. The second-order valence-corrected chi connectivity index (χ2v) is 6.27. The Balaban J connectivity index is 1.79. The lowest BCUT2D eigenvalue weighted by atomic mass is 9.98. The van der Waals surface area contributed by atoms with E-state index in [4.69, 9.17) is 4.98 Å². The van der Waals surface area contributed by atoms with E-state index in [1.54, 1.807) is 0 Å². The van der Waals surface area contributed by atoms with E-state index in [1.807, 2.05) is 36.8 Å². The van der Waals surface area contributed by atoms with E-state index < -0.39 is 0 Å². The highest BCUT2D eigenvalue weighted by Gasteiger charge is 2.24. The molecule has 0 saturated heterocycles. The van der Waals surface area contributed by atoms with Crippen molar-refractivity contribution < 1.29 is 0 Å². The molecule has 1 unspecified atom stereocenters. The number of aryl methyl sites for hydroxylation is 1. The zero-order valence-electron chi connectivity index (χ0n) is 12.0. The Bertz CT molecular complexity index is 567. The van der Waals surface area contributed by atoms with Gasteiger partial charge in [0, 0.05) is 36.9 Å². The molecule has 0 aliphatic heterocycles. The normalized spacial score (nSPS) is 17.8. The fourth-order valence-electron chi connectivity index (χ4n) is 2.68. The third-order valence-electron chi connectivity index (χ3n) is 3.76. The lowest BCUT2D eigenvalue weighted by Gasteiger charge is -2.19. The topological polar surface area (TPSA) is 41.1 Å². The molecular weight excluding hydrogens is 268 g/mol. The molecule has 0 spiro atoms. The molecular formula is C15H20N4S. The number of pyridine rings is 1. The Labute approximate surface area is 123 Å². The second-order valence-electron chi connectivity index (χ2n) is 5.26. The maximum Gasteiger partial charge on any atom is 0.185 e. The average Bonchev–Trinajstić information content (AvgIpc) is 2.92. The summed E-state index contributed by atoms with van der Waals surface area (Å²) in [7, 11) is 4.14. The summed E-state index contributed by atoms with van der Waals surface area (Å²) < 4.78 is 0. The summed E-state index contributed by atoms with van der Waals surface area (Å²) in [4.78, 5) is 12.6. The first-order valence-electron chi connectivity index (χ1n) is 7.05. The number of fused-ring (bicyclic) bond motifs is 1. The highest BCUT2D eigenvalue weighted by atomic mass is 32.1. The molecule has 0 bridgehead atoms. The molecule has 1 atom stereocenters. The smallest absolute Gasteiger partial charge is 0.185 e. The van der Waals surface area contributed by atoms with Gasteiger partial charge in [-0.15, -0.1) is 0 Å². The number of aromatic nitrogens is 2. The van der Waals surface area contributed by atoms with Gasteiger partial charge in [0.2, 0.25) is 0 Å². The molecule has 1 aliphatic rings. The van der Waals surface area contributed by atoms with Crippen LogP contribution in [0.25, 0.3) is 0 Å². The van der Waals surface area contributed by atoms with E-state index in [2.05, 4.69) is 28.3 Å². The summed E-state index contributed by atoms with van der Waals surface area (Å²) in [5.74, 6) is 0. The van der Waals surface area contributed by atoms with Crippen molar-refractivity contribution in [1.29, 1.82) is 0 Å². The Morgan fingerprint density at radius 3 is 3.15 bits per heavy atom. The third-order valence-corrected chi connectivity index (χ3v) is 5.08. The monoisotopic (exact) mass is 288 g/mol. The predicted octanol–water partition coefficient (Wildman–Crippen LogP) is 2.77. The summed E-state index contributed by atoms with van der Waals surface area (Å²) in [6.07, 6.45) is 7.29.